The van der Waals surface area contributed by atoms with Crippen molar-refractivity contribution in [1.82, 2.24) is 15.0 Å². The Morgan fingerprint density at radius 3 is 2.86 bits per heavy atom. The van der Waals surface area contributed by atoms with Gasteiger partial charge in [-0.25, -0.2) is 9.97 Å². The second kappa shape index (κ2) is 5.99. The van der Waals surface area contributed by atoms with Crippen molar-refractivity contribution in [3.63, 3.8) is 0 Å². The highest BCUT2D eigenvalue weighted by atomic mass is 16.1. The topological polar surface area (TPSA) is 67.8 Å². The van der Waals surface area contributed by atoms with Crippen molar-refractivity contribution in [2.75, 3.05) is 11.9 Å². The van der Waals surface area contributed by atoms with Crippen LogP contribution in [0.5, 0.6) is 0 Å². The molecule has 0 radical (unpaired) electrons. The van der Waals surface area contributed by atoms with Gasteiger partial charge in [-0.3, -0.25) is 9.78 Å². The molecule has 21 heavy (non-hydrogen) atoms. The number of carbonyl (C=O) groups is 1. The molecule has 1 N–H and O–H groups in total. The highest BCUT2D eigenvalue weighted by Gasteiger charge is 2.28. The molecule has 2 aromatic heterocycles. The number of pyridine rings is 1. The number of nitrogens with zero attached hydrogens (tertiary/aromatic N) is 3. The first kappa shape index (κ1) is 13.7. The van der Waals surface area contributed by atoms with Gasteiger partial charge < -0.3 is 5.32 Å². The molecule has 2 heterocycles. The van der Waals surface area contributed by atoms with Crippen molar-refractivity contribution >= 4 is 11.6 Å². The van der Waals surface area contributed by atoms with Crippen LogP contribution in [0.3, 0.4) is 0 Å². The maximum atomic E-state index is 11.8. The average Bonchev–Trinajstić information content (AvgIpc) is 3.38. The standard InChI is InChI=1S/C16H18N4O/c1-2-12-9-15(18-10-14(21)11-6-7-11)20-16(19-12)13-5-3-4-8-17-13/h3-5,8-9,11H,2,6-7,10H2,1H3,(H,18,19,20). The van der Waals surface area contributed by atoms with Gasteiger partial charge in [0.05, 0.1) is 6.54 Å². The molecule has 108 valence electrons. The minimum Gasteiger partial charge on any atom is -0.363 e. The Hall–Kier alpha value is -2.30. The summed E-state index contributed by atoms with van der Waals surface area (Å²) in [5.41, 5.74) is 1.68. The monoisotopic (exact) mass is 282 g/mol. The molecule has 1 aliphatic carbocycles. The van der Waals surface area contributed by atoms with Crippen molar-refractivity contribution in [2.45, 2.75) is 26.2 Å². The quantitative estimate of drug-likeness (QED) is 0.881. The molecule has 0 unspecified atom stereocenters. The van der Waals surface area contributed by atoms with Crippen LogP contribution in [0.1, 0.15) is 25.5 Å². The molecule has 0 aromatic carbocycles. The van der Waals surface area contributed by atoms with Crippen molar-refractivity contribution in [3.8, 4) is 11.5 Å². The Morgan fingerprint density at radius 2 is 2.19 bits per heavy atom. The van der Waals surface area contributed by atoms with E-state index in [9.17, 15) is 4.79 Å². The predicted molar refractivity (Wildman–Crippen MR) is 80.9 cm³/mol. The fourth-order valence-corrected chi connectivity index (χ4v) is 2.11. The van der Waals surface area contributed by atoms with E-state index in [2.05, 4.69) is 20.3 Å². The number of aryl methyl sites for hydroxylation is 1. The summed E-state index contributed by atoms with van der Waals surface area (Å²) in [4.78, 5) is 25.0. The van der Waals surface area contributed by atoms with E-state index in [-0.39, 0.29) is 11.7 Å². The molecule has 1 aliphatic rings. The van der Waals surface area contributed by atoms with E-state index < -0.39 is 0 Å². The molecule has 0 amide bonds. The van der Waals surface area contributed by atoms with Crippen LogP contribution in [0.4, 0.5) is 5.82 Å². The van der Waals surface area contributed by atoms with Crippen molar-refractivity contribution in [1.29, 1.82) is 0 Å². The van der Waals surface area contributed by atoms with Gasteiger partial charge in [-0.2, -0.15) is 0 Å². The van der Waals surface area contributed by atoms with Crippen LogP contribution < -0.4 is 5.32 Å². The van der Waals surface area contributed by atoms with Gasteiger partial charge in [0.15, 0.2) is 11.6 Å². The molecule has 0 bridgehead atoms. The van der Waals surface area contributed by atoms with Gasteiger partial charge in [-0.05, 0) is 31.4 Å². The molecule has 2 aromatic rings. The van der Waals surface area contributed by atoms with Gasteiger partial charge in [0.25, 0.3) is 0 Å². The third-order valence-corrected chi connectivity index (χ3v) is 3.51. The van der Waals surface area contributed by atoms with Crippen molar-refractivity contribution in [3.05, 3.63) is 36.2 Å². The van der Waals surface area contributed by atoms with E-state index in [1.54, 1.807) is 6.20 Å². The second-order valence-corrected chi connectivity index (χ2v) is 5.23. The highest BCUT2D eigenvalue weighted by Crippen LogP contribution is 2.29. The number of anilines is 1. The minimum atomic E-state index is 0.264. The number of rotatable bonds is 6. The largest absolute Gasteiger partial charge is 0.363 e. The predicted octanol–water partition coefficient (Wildman–Crippen LogP) is 2.49. The zero-order valence-corrected chi connectivity index (χ0v) is 12.0. The number of nitrogens with one attached hydrogen (secondary N) is 1. The van der Waals surface area contributed by atoms with E-state index in [1.807, 2.05) is 31.2 Å². The Bertz CT molecular complexity index is 638. The number of carbonyl (C=O) groups excluding carboxylic acids is 1. The molecule has 5 heteroatoms. The third-order valence-electron chi connectivity index (χ3n) is 3.51. The van der Waals surface area contributed by atoms with E-state index in [1.165, 1.54) is 0 Å². The van der Waals surface area contributed by atoms with Crippen molar-refractivity contribution in [2.24, 2.45) is 5.92 Å². The molecule has 3 rings (SSSR count). The van der Waals surface area contributed by atoms with E-state index in [4.69, 9.17) is 0 Å². The summed E-state index contributed by atoms with van der Waals surface area (Å²) < 4.78 is 0. The average molecular weight is 282 g/mol. The van der Waals surface area contributed by atoms with Crippen molar-refractivity contribution < 1.29 is 4.79 Å². The molecule has 0 atom stereocenters. The van der Waals surface area contributed by atoms with Crippen LogP contribution in [-0.2, 0) is 11.2 Å². The molecule has 1 saturated carbocycles. The summed E-state index contributed by atoms with van der Waals surface area (Å²) in [6, 6.07) is 7.55. The first-order chi connectivity index (χ1) is 10.3. The number of Topliss-reactive ketones (excluding diaryl/α,β-unsaturated/α-hetero) is 1. The molecular weight excluding hydrogens is 264 g/mol. The molecule has 5 nitrogen and oxygen atoms in total. The Balaban J connectivity index is 1.81. The molecular formula is C16H18N4O. The summed E-state index contributed by atoms with van der Waals surface area (Å²) in [5, 5.41) is 3.12. The highest BCUT2D eigenvalue weighted by molar-refractivity contribution is 5.86. The van der Waals surface area contributed by atoms with E-state index in [0.29, 0.717) is 18.2 Å². The molecule has 1 fully saturated rings. The lowest BCUT2D eigenvalue weighted by Gasteiger charge is -2.08. The van der Waals surface area contributed by atoms with Crippen LogP contribution >= 0.6 is 0 Å². The van der Waals surface area contributed by atoms with Gasteiger partial charge in [-0.1, -0.05) is 13.0 Å². The zero-order valence-electron chi connectivity index (χ0n) is 12.0. The maximum Gasteiger partial charge on any atom is 0.180 e. The van der Waals surface area contributed by atoms with Crippen LogP contribution in [-0.4, -0.2) is 27.3 Å². The van der Waals surface area contributed by atoms with E-state index >= 15 is 0 Å². The smallest absolute Gasteiger partial charge is 0.180 e. The molecule has 0 aliphatic heterocycles. The van der Waals surface area contributed by atoms with Gasteiger partial charge >= 0.3 is 0 Å². The SMILES string of the molecule is CCc1cc(NCC(=O)C2CC2)nc(-c2ccccn2)n1. The summed E-state index contributed by atoms with van der Waals surface area (Å²) >= 11 is 0. The Labute approximate surface area is 123 Å². The minimum absolute atomic E-state index is 0.264. The fourth-order valence-electron chi connectivity index (χ4n) is 2.11. The lowest BCUT2D eigenvalue weighted by molar-refractivity contribution is -0.118. The summed E-state index contributed by atoms with van der Waals surface area (Å²) in [6.45, 7) is 2.39. The zero-order chi connectivity index (χ0) is 14.7. The lowest BCUT2D eigenvalue weighted by atomic mass is 10.2. The van der Waals surface area contributed by atoms with Gasteiger partial charge in [0.1, 0.15) is 11.5 Å². The Morgan fingerprint density at radius 1 is 1.33 bits per heavy atom. The molecule has 0 spiro atoms. The maximum absolute atomic E-state index is 11.8. The van der Waals surface area contributed by atoms with E-state index in [0.717, 1.165) is 30.7 Å². The number of hydrogen-bond donors (Lipinski definition) is 1. The number of aromatic nitrogens is 3. The number of hydrogen-bond acceptors (Lipinski definition) is 5. The van der Waals surface area contributed by atoms with Gasteiger partial charge in [0, 0.05) is 23.9 Å². The third kappa shape index (κ3) is 3.42. The fraction of sp³-hybridized carbons (Fsp3) is 0.375. The number of ketones is 1. The first-order valence-corrected chi connectivity index (χ1v) is 7.32. The summed E-state index contributed by atoms with van der Waals surface area (Å²) in [5.74, 6) is 1.82. The normalized spacial score (nSPS) is 14.0. The van der Waals surface area contributed by atoms with Crippen LogP contribution in [0.25, 0.3) is 11.5 Å². The first-order valence-electron chi connectivity index (χ1n) is 7.32. The summed E-state index contributed by atoms with van der Waals surface area (Å²) in [6.07, 6.45) is 4.60. The van der Waals surface area contributed by atoms with Crippen LogP contribution in [0, 0.1) is 5.92 Å². The molecule has 0 saturated heterocycles. The Kier molecular flexibility index (Phi) is 3.90. The van der Waals surface area contributed by atoms with Crippen LogP contribution in [0.2, 0.25) is 0 Å². The summed E-state index contributed by atoms with van der Waals surface area (Å²) in [7, 11) is 0. The lowest BCUT2D eigenvalue weighted by Crippen LogP contribution is -2.16. The van der Waals surface area contributed by atoms with Crippen LogP contribution in [0.15, 0.2) is 30.5 Å². The second-order valence-electron chi connectivity index (χ2n) is 5.23. The van der Waals surface area contributed by atoms with Gasteiger partial charge in [0.2, 0.25) is 0 Å². The van der Waals surface area contributed by atoms with Gasteiger partial charge in [-0.15, -0.1) is 0 Å².